The lowest BCUT2D eigenvalue weighted by atomic mass is 9.88. The van der Waals surface area contributed by atoms with Gasteiger partial charge < -0.3 is 10.6 Å². The third-order valence-corrected chi connectivity index (χ3v) is 7.00. The normalized spacial score (nSPS) is 18.9. The summed E-state index contributed by atoms with van der Waals surface area (Å²) in [6, 6.07) is 25.4. The highest BCUT2D eigenvalue weighted by Gasteiger charge is 2.39. The van der Waals surface area contributed by atoms with Crippen molar-refractivity contribution in [3.63, 3.8) is 0 Å². The van der Waals surface area contributed by atoms with E-state index in [1.165, 1.54) is 37.1 Å². The molecule has 3 aromatic rings. The van der Waals surface area contributed by atoms with Crippen LogP contribution in [-0.2, 0) is 13.0 Å². The van der Waals surface area contributed by atoms with E-state index in [-0.39, 0.29) is 0 Å². The third-order valence-electron chi connectivity index (χ3n) is 7.00. The van der Waals surface area contributed by atoms with E-state index in [1.54, 1.807) is 0 Å². The maximum Gasteiger partial charge on any atom is 0.124 e. The van der Waals surface area contributed by atoms with Crippen molar-refractivity contribution in [3.05, 3.63) is 83.9 Å². The van der Waals surface area contributed by atoms with Crippen LogP contribution in [0, 0.1) is 0 Å². The van der Waals surface area contributed by atoms with E-state index in [2.05, 4.69) is 74.7 Å². The molecule has 0 aliphatic carbocycles. The van der Waals surface area contributed by atoms with Gasteiger partial charge in [-0.15, -0.1) is 0 Å². The predicted octanol–water partition coefficient (Wildman–Crippen LogP) is 3.77. The van der Waals surface area contributed by atoms with Gasteiger partial charge in [-0.2, -0.15) is 0 Å². The zero-order valence-corrected chi connectivity index (χ0v) is 18.7. The first-order chi connectivity index (χ1) is 15.7. The molecular formula is C27H33N5. The van der Waals surface area contributed by atoms with Gasteiger partial charge in [-0.1, -0.05) is 60.7 Å². The minimum Gasteiger partial charge on any atom is -0.384 e. The number of nitrogen functional groups attached to an aromatic ring is 1. The van der Waals surface area contributed by atoms with Gasteiger partial charge >= 0.3 is 0 Å². The fraction of sp³-hybridized carbons (Fsp3) is 0.370. The van der Waals surface area contributed by atoms with Crippen molar-refractivity contribution < 1.29 is 0 Å². The first-order valence-electron chi connectivity index (χ1n) is 11.7. The van der Waals surface area contributed by atoms with E-state index in [0.29, 0.717) is 11.4 Å². The van der Waals surface area contributed by atoms with Crippen molar-refractivity contribution in [3.8, 4) is 11.3 Å². The van der Waals surface area contributed by atoms with Crippen molar-refractivity contribution in [2.45, 2.75) is 31.3 Å². The minimum atomic E-state index is 0.303. The molecule has 0 saturated carbocycles. The topological polar surface area (TPSA) is 57.4 Å². The van der Waals surface area contributed by atoms with Crippen LogP contribution in [0.15, 0.2) is 72.8 Å². The summed E-state index contributed by atoms with van der Waals surface area (Å²) in [5.74, 6) is 0.564. The number of nitrogens with one attached hydrogen (secondary N) is 1. The molecule has 2 aliphatic heterocycles. The number of hydrogen-bond acceptors (Lipinski definition) is 5. The lowest BCUT2D eigenvalue weighted by molar-refractivity contribution is 0.149. The average molecular weight is 428 g/mol. The number of hydrogen-bond donors (Lipinski definition) is 2. The molecule has 5 heteroatoms. The number of pyridine rings is 1. The molecule has 3 heterocycles. The molecule has 1 aromatic heterocycles. The van der Waals surface area contributed by atoms with E-state index in [0.717, 1.165) is 44.0 Å². The Hall–Kier alpha value is -2.73. The first kappa shape index (κ1) is 21.1. The summed E-state index contributed by atoms with van der Waals surface area (Å²) >= 11 is 0. The monoisotopic (exact) mass is 427 g/mol. The summed E-state index contributed by atoms with van der Waals surface area (Å²) in [4.78, 5) is 9.60. The summed E-state index contributed by atoms with van der Waals surface area (Å²) in [6.07, 6.45) is 3.56. The van der Waals surface area contributed by atoms with Gasteiger partial charge in [0.1, 0.15) is 5.82 Å². The van der Waals surface area contributed by atoms with Crippen LogP contribution in [0.1, 0.15) is 24.0 Å². The van der Waals surface area contributed by atoms with E-state index >= 15 is 0 Å². The largest absolute Gasteiger partial charge is 0.384 e. The average Bonchev–Trinajstić information content (AvgIpc) is 3.21. The van der Waals surface area contributed by atoms with Gasteiger partial charge in [-0.05, 0) is 55.6 Å². The van der Waals surface area contributed by atoms with Crippen molar-refractivity contribution >= 4 is 5.82 Å². The standard InChI is InChI=1S/C27H33N5/c28-26-8-4-7-25(30-26)24-11-9-22(10-12-24)13-16-31-17-14-27(15-18-31)20-32(21-29-27)19-23-5-2-1-3-6-23/h1-12,29H,13-21H2,(H2,28,30). The Morgan fingerprint density at radius 1 is 0.844 bits per heavy atom. The molecule has 0 bridgehead atoms. The van der Waals surface area contributed by atoms with Crippen molar-refractivity contribution in [2.75, 3.05) is 38.6 Å². The third kappa shape index (κ3) is 5.01. The summed E-state index contributed by atoms with van der Waals surface area (Å²) in [7, 11) is 0. The molecule has 2 aliphatic rings. The molecule has 5 rings (SSSR count). The maximum atomic E-state index is 5.82. The van der Waals surface area contributed by atoms with Gasteiger partial charge in [0.05, 0.1) is 5.69 Å². The number of nitrogens with zero attached hydrogens (tertiary/aromatic N) is 3. The smallest absolute Gasteiger partial charge is 0.124 e. The molecule has 2 fully saturated rings. The summed E-state index contributed by atoms with van der Waals surface area (Å²) in [5, 5.41) is 3.85. The second-order valence-corrected chi connectivity index (χ2v) is 9.32. The van der Waals surface area contributed by atoms with Gasteiger partial charge in [0, 0.05) is 37.4 Å². The Balaban J connectivity index is 1.09. The van der Waals surface area contributed by atoms with Crippen molar-refractivity contribution in [1.29, 1.82) is 0 Å². The fourth-order valence-corrected chi connectivity index (χ4v) is 5.05. The lowest BCUT2D eigenvalue weighted by Crippen LogP contribution is -2.52. The number of benzene rings is 2. The van der Waals surface area contributed by atoms with Gasteiger partial charge in [0.25, 0.3) is 0 Å². The Labute approximate surface area is 191 Å². The Bertz CT molecular complexity index is 1010. The first-order valence-corrected chi connectivity index (χ1v) is 11.7. The van der Waals surface area contributed by atoms with Crippen LogP contribution >= 0.6 is 0 Å². The van der Waals surface area contributed by atoms with Crippen LogP contribution in [0.25, 0.3) is 11.3 Å². The summed E-state index contributed by atoms with van der Waals surface area (Å²) in [6.45, 7) is 6.69. The summed E-state index contributed by atoms with van der Waals surface area (Å²) < 4.78 is 0. The van der Waals surface area contributed by atoms with Crippen LogP contribution in [0.2, 0.25) is 0 Å². The van der Waals surface area contributed by atoms with Gasteiger partial charge in [0.15, 0.2) is 0 Å². The molecule has 2 saturated heterocycles. The van der Waals surface area contributed by atoms with Crippen LogP contribution in [-0.4, -0.2) is 53.2 Å². The maximum absolute atomic E-state index is 5.82. The molecule has 3 N–H and O–H groups in total. The number of nitrogens with two attached hydrogens (primary N) is 1. The number of aromatic nitrogens is 1. The molecule has 2 aromatic carbocycles. The molecule has 166 valence electrons. The molecule has 0 amide bonds. The highest BCUT2D eigenvalue weighted by Crippen LogP contribution is 2.28. The van der Waals surface area contributed by atoms with Gasteiger partial charge in [0.2, 0.25) is 0 Å². The fourth-order valence-electron chi connectivity index (χ4n) is 5.05. The zero-order valence-electron chi connectivity index (χ0n) is 18.7. The molecule has 1 spiro atoms. The number of likely N-dealkylation sites (tertiary alicyclic amines) is 1. The van der Waals surface area contributed by atoms with Crippen LogP contribution in [0.5, 0.6) is 0 Å². The second-order valence-electron chi connectivity index (χ2n) is 9.32. The lowest BCUT2D eigenvalue weighted by Gasteiger charge is -2.39. The number of rotatable bonds is 6. The summed E-state index contributed by atoms with van der Waals surface area (Å²) in [5.41, 5.74) is 11.0. The van der Waals surface area contributed by atoms with E-state index in [1.807, 2.05) is 18.2 Å². The van der Waals surface area contributed by atoms with Crippen molar-refractivity contribution in [1.82, 2.24) is 20.1 Å². The molecule has 0 atom stereocenters. The highest BCUT2D eigenvalue weighted by molar-refractivity contribution is 5.61. The number of piperidine rings is 1. The molecule has 5 nitrogen and oxygen atoms in total. The van der Waals surface area contributed by atoms with Crippen LogP contribution in [0.3, 0.4) is 0 Å². The van der Waals surface area contributed by atoms with E-state index in [9.17, 15) is 0 Å². The minimum absolute atomic E-state index is 0.303. The van der Waals surface area contributed by atoms with Crippen LogP contribution < -0.4 is 11.1 Å². The Morgan fingerprint density at radius 2 is 1.62 bits per heavy atom. The molecule has 0 radical (unpaired) electrons. The Kier molecular flexibility index (Phi) is 6.21. The van der Waals surface area contributed by atoms with Crippen LogP contribution in [0.4, 0.5) is 5.82 Å². The number of anilines is 1. The Morgan fingerprint density at radius 3 is 2.38 bits per heavy atom. The highest BCUT2D eigenvalue weighted by atomic mass is 15.3. The SMILES string of the molecule is Nc1cccc(-c2ccc(CCN3CCC4(CC3)CN(Cc3ccccc3)CN4)cc2)n1. The predicted molar refractivity (Wildman–Crippen MR) is 131 cm³/mol. The van der Waals surface area contributed by atoms with Crippen molar-refractivity contribution in [2.24, 2.45) is 0 Å². The molecule has 0 unspecified atom stereocenters. The van der Waals surface area contributed by atoms with Gasteiger partial charge in [-0.25, -0.2) is 4.98 Å². The quantitative estimate of drug-likeness (QED) is 0.627. The zero-order chi connectivity index (χ0) is 21.8. The second kappa shape index (κ2) is 9.41. The molecular weight excluding hydrogens is 394 g/mol. The van der Waals surface area contributed by atoms with E-state index < -0.39 is 0 Å². The van der Waals surface area contributed by atoms with E-state index in [4.69, 9.17) is 5.73 Å². The van der Waals surface area contributed by atoms with Gasteiger partial charge in [-0.3, -0.25) is 10.2 Å². The molecule has 32 heavy (non-hydrogen) atoms.